The summed E-state index contributed by atoms with van der Waals surface area (Å²) in [6.07, 6.45) is 7.53. The van der Waals surface area contributed by atoms with E-state index in [1.165, 1.54) is 19.8 Å². The lowest BCUT2D eigenvalue weighted by Gasteiger charge is -2.16. The summed E-state index contributed by atoms with van der Waals surface area (Å²) in [6, 6.07) is 9.85. The molecule has 0 heterocycles. The summed E-state index contributed by atoms with van der Waals surface area (Å²) in [5.41, 5.74) is 0. The minimum absolute atomic E-state index is 0.0748. The fraction of sp³-hybridized carbons (Fsp3) is 0.611. The Morgan fingerprint density at radius 1 is 1.05 bits per heavy atom. The van der Waals surface area contributed by atoms with Gasteiger partial charge in [-0.1, -0.05) is 38.0 Å². The Morgan fingerprint density at radius 3 is 2.33 bits per heavy atom. The average molecular weight is 292 g/mol. The molecule has 0 aliphatic heterocycles. The van der Waals surface area contributed by atoms with Gasteiger partial charge in [0.1, 0.15) is 11.9 Å². The molecular weight excluding hydrogens is 264 g/mol. The van der Waals surface area contributed by atoms with Crippen LogP contribution in [0.3, 0.4) is 0 Å². The van der Waals surface area contributed by atoms with E-state index in [9.17, 15) is 4.79 Å². The molecule has 3 heteroatoms. The first kappa shape index (κ1) is 17.5. The van der Waals surface area contributed by atoms with Gasteiger partial charge >= 0.3 is 5.97 Å². The molecule has 0 amide bonds. The number of carbonyl (C=O) groups is 1. The number of ether oxygens (including phenoxy) is 2. The van der Waals surface area contributed by atoms with E-state index in [1.807, 2.05) is 30.3 Å². The predicted octanol–water partition coefficient (Wildman–Crippen LogP) is 4.75. The monoisotopic (exact) mass is 292 g/mol. The minimum Gasteiger partial charge on any atom is -0.494 e. The molecule has 0 bridgehead atoms. The van der Waals surface area contributed by atoms with Crippen molar-refractivity contribution in [2.24, 2.45) is 0 Å². The van der Waals surface area contributed by atoms with Crippen molar-refractivity contribution in [3.63, 3.8) is 0 Å². The minimum atomic E-state index is -0.169. The average Bonchev–Trinajstić information content (AvgIpc) is 2.47. The molecule has 1 atom stereocenters. The summed E-state index contributed by atoms with van der Waals surface area (Å²) in [5, 5.41) is 0. The SMILES string of the molecule is CCCCC[C@H](CCCCOc1ccccc1)OC(C)=O. The fourth-order valence-electron chi connectivity index (χ4n) is 2.30. The number of rotatable bonds is 11. The van der Waals surface area contributed by atoms with Gasteiger partial charge in [-0.25, -0.2) is 0 Å². The molecule has 0 saturated heterocycles. The summed E-state index contributed by atoms with van der Waals surface area (Å²) in [4.78, 5) is 11.1. The predicted molar refractivity (Wildman–Crippen MR) is 85.5 cm³/mol. The highest BCUT2D eigenvalue weighted by Crippen LogP contribution is 2.15. The number of para-hydroxylation sites is 1. The van der Waals surface area contributed by atoms with E-state index in [4.69, 9.17) is 9.47 Å². The molecule has 0 fully saturated rings. The normalized spacial score (nSPS) is 11.9. The maximum Gasteiger partial charge on any atom is 0.302 e. The number of hydrogen-bond donors (Lipinski definition) is 0. The molecule has 1 aromatic carbocycles. The van der Waals surface area contributed by atoms with Crippen LogP contribution in [0.1, 0.15) is 58.8 Å². The van der Waals surface area contributed by atoms with E-state index >= 15 is 0 Å². The summed E-state index contributed by atoms with van der Waals surface area (Å²) < 4.78 is 11.0. The molecule has 0 spiro atoms. The lowest BCUT2D eigenvalue weighted by Crippen LogP contribution is -2.16. The highest BCUT2D eigenvalue weighted by atomic mass is 16.5. The third-order valence-corrected chi connectivity index (χ3v) is 3.39. The Kier molecular flexibility index (Phi) is 9.34. The molecule has 3 nitrogen and oxygen atoms in total. The highest BCUT2D eigenvalue weighted by Gasteiger charge is 2.11. The second-order valence-corrected chi connectivity index (χ2v) is 5.38. The van der Waals surface area contributed by atoms with E-state index in [1.54, 1.807) is 0 Å². The standard InChI is InChI=1S/C18H28O3/c1-3-4-6-13-18(21-16(2)19)14-9-10-15-20-17-11-7-5-8-12-17/h5,7-8,11-12,18H,3-4,6,9-10,13-15H2,1-2H3/t18-/m1/s1. The van der Waals surface area contributed by atoms with Crippen LogP contribution in [0.5, 0.6) is 5.75 Å². The Labute approximate surface area is 128 Å². The van der Waals surface area contributed by atoms with Gasteiger partial charge in [-0.05, 0) is 44.2 Å². The molecule has 0 aliphatic rings. The molecule has 21 heavy (non-hydrogen) atoms. The Morgan fingerprint density at radius 2 is 1.71 bits per heavy atom. The Hall–Kier alpha value is -1.51. The Bertz CT molecular complexity index is 375. The van der Waals surface area contributed by atoms with Crippen LogP contribution in [0, 0.1) is 0 Å². The molecule has 0 unspecified atom stereocenters. The van der Waals surface area contributed by atoms with Gasteiger partial charge in [0, 0.05) is 6.92 Å². The molecule has 0 aromatic heterocycles. The quantitative estimate of drug-likeness (QED) is 0.436. The van der Waals surface area contributed by atoms with E-state index in [0.717, 1.165) is 37.9 Å². The van der Waals surface area contributed by atoms with Crippen molar-refractivity contribution in [1.82, 2.24) is 0 Å². The van der Waals surface area contributed by atoms with E-state index in [-0.39, 0.29) is 12.1 Å². The first-order chi connectivity index (χ1) is 10.2. The van der Waals surface area contributed by atoms with Crippen LogP contribution in [0.15, 0.2) is 30.3 Å². The second-order valence-electron chi connectivity index (χ2n) is 5.38. The fourth-order valence-corrected chi connectivity index (χ4v) is 2.30. The lowest BCUT2D eigenvalue weighted by atomic mass is 10.1. The summed E-state index contributed by atoms with van der Waals surface area (Å²) >= 11 is 0. The van der Waals surface area contributed by atoms with Gasteiger partial charge in [-0.2, -0.15) is 0 Å². The zero-order valence-electron chi connectivity index (χ0n) is 13.3. The molecule has 1 rings (SSSR count). The van der Waals surface area contributed by atoms with Gasteiger partial charge in [0.15, 0.2) is 0 Å². The summed E-state index contributed by atoms with van der Waals surface area (Å²) in [7, 11) is 0. The third-order valence-electron chi connectivity index (χ3n) is 3.39. The van der Waals surface area contributed by atoms with Crippen molar-refractivity contribution in [2.45, 2.75) is 64.9 Å². The van der Waals surface area contributed by atoms with Crippen molar-refractivity contribution in [1.29, 1.82) is 0 Å². The van der Waals surface area contributed by atoms with Crippen LogP contribution in [0.4, 0.5) is 0 Å². The molecule has 0 radical (unpaired) electrons. The van der Waals surface area contributed by atoms with Crippen LogP contribution >= 0.6 is 0 Å². The first-order valence-electron chi connectivity index (χ1n) is 8.07. The van der Waals surface area contributed by atoms with Crippen LogP contribution < -0.4 is 4.74 Å². The van der Waals surface area contributed by atoms with Crippen molar-refractivity contribution in [3.8, 4) is 5.75 Å². The van der Waals surface area contributed by atoms with Crippen LogP contribution in [-0.2, 0) is 9.53 Å². The number of carbonyl (C=O) groups excluding carboxylic acids is 1. The molecular formula is C18H28O3. The summed E-state index contributed by atoms with van der Waals surface area (Å²) in [5.74, 6) is 0.744. The van der Waals surface area contributed by atoms with Crippen molar-refractivity contribution in [3.05, 3.63) is 30.3 Å². The van der Waals surface area contributed by atoms with E-state index < -0.39 is 0 Å². The van der Waals surface area contributed by atoms with Gasteiger partial charge in [-0.3, -0.25) is 4.79 Å². The second kappa shape index (κ2) is 11.2. The van der Waals surface area contributed by atoms with E-state index in [2.05, 4.69) is 6.92 Å². The lowest BCUT2D eigenvalue weighted by molar-refractivity contribution is -0.147. The highest BCUT2D eigenvalue weighted by molar-refractivity contribution is 5.66. The van der Waals surface area contributed by atoms with Crippen molar-refractivity contribution >= 4 is 5.97 Å². The molecule has 118 valence electrons. The van der Waals surface area contributed by atoms with Crippen molar-refractivity contribution < 1.29 is 14.3 Å². The topological polar surface area (TPSA) is 35.5 Å². The Balaban J connectivity index is 2.15. The van der Waals surface area contributed by atoms with Gasteiger partial charge in [0.25, 0.3) is 0 Å². The maximum absolute atomic E-state index is 11.1. The number of unbranched alkanes of at least 4 members (excludes halogenated alkanes) is 3. The van der Waals surface area contributed by atoms with Gasteiger partial charge in [0.2, 0.25) is 0 Å². The largest absolute Gasteiger partial charge is 0.494 e. The maximum atomic E-state index is 11.1. The molecule has 1 aromatic rings. The summed E-state index contributed by atoms with van der Waals surface area (Å²) in [6.45, 7) is 4.39. The van der Waals surface area contributed by atoms with Crippen LogP contribution in [0.2, 0.25) is 0 Å². The van der Waals surface area contributed by atoms with Crippen molar-refractivity contribution in [2.75, 3.05) is 6.61 Å². The zero-order chi connectivity index (χ0) is 15.3. The van der Waals surface area contributed by atoms with Gasteiger partial charge in [0.05, 0.1) is 6.61 Å². The first-order valence-corrected chi connectivity index (χ1v) is 8.07. The zero-order valence-corrected chi connectivity index (χ0v) is 13.3. The van der Waals surface area contributed by atoms with Gasteiger partial charge < -0.3 is 9.47 Å². The van der Waals surface area contributed by atoms with Crippen LogP contribution in [-0.4, -0.2) is 18.7 Å². The third kappa shape index (κ3) is 9.11. The molecule has 0 saturated carbocycles. The molecule has 0 aliphatic carbocycles. The number of benzene rings is 1. The molecule has 0 N–H and O–H groups in total. The number of hydrogen-bond acceptors (Lipinski definition) is 3. The van der Waals surface area contributed by atoms with Gasteiger partial charge in [-0.15, -0.1) is 0 Å². The van der Waals surface area contributed by atoms with E-state index in [0.29, 0.717) is 6.61 Å². The smallest absolute Gasteiger partial charge is 0.302 e. The van der Waals surface area contributed by atoms with Crippen LogP contribution in [0.25, 0.3) is 0 Å². The number of esters is 1.